The van der Waals surface area contributed by atoms with Crippen LogP contribution in [0.1, 0.15) is 5.56 Å². The molecule has 0 saturated carbocycles. The molecule has 0 bridgehead atoms. The maximum atomic E-state index is 10.5. The third-order valence-corrected chi connectivity index (χ3v) is 2.71. The van der Waals surface area contributed by atoms with Gasteiger partial charge in [-0.1, -0.05) is 0 Å². The first-order valence-electron chi connectivity index (χ1n) is 4.86. The number of hydrogen-bond donors (Lipinski definition) is 2. The van der Waals surface area contributed by atoms with Crippen LogP contribution in [-0.2, 0) is 16.8 Å². The molecule has 1 heterocycles. The van der Waals surface area contributed by atoms with E-state index < -0.39 is 10.4 Å². The molecule has 17 heavy (non-hydrogen) atoms. The van der Waals surface area contributed by atoms with Gasteiger partial charge in [0.1, 0.15) is 5.75 Å². The largest absolute Gasteiger partial charge is 0.716 e. The van der Waals surface area contributed by atoms with E-state index in [1.807, 2.05) is 0 Å². The number of benzene rings is 1. The Morgan fingerprint density at radius 1 is 1.41 bits per heavy atom. The maximum absolute atomic E-state index is 10.5. The zero-order valence-electron chi connectivity index (χ0n) is 8.71. The van der Waals surface area contributed by atoms with Crippen LogP contribution in [0.5, 0.6) is 5.75 Å². The van der Waals surface area contributed by atoms with Crippen molar-refractivity contribution in [2.75, 3.05) is 6.61 Å². The predicted octanol–water partition coefficient (Wildman–Crippen LogP) is 0.542. The second-order valence-electron chi connectivity index (χ2n) is 3.49. The minimum Gasteiger partial charge on any atom is -0.716 e. The van der Waals surface area contributed by atoms with Crippen LogP contribution in [0.4, 0.5) is 0 Å². The fourth-order valence-electron chi connectivity index (χ4n) is 1.65. The summed E-state index contributed by atoms with van der Waals surface area (Å²) in [6, 6.07) is 4.44. The van der Waals surface area contributed by atoms with Crippen LogP contribution in [0.3, 0.4) is 0 Å². The van der Waals surface area contributed by atoms with Gasteiger partial charge in [0.05, 0.1) is 0 Å². The number of aliphatic hydroxyl groups is 1. The third-order valence-electron chi connectivity index (χ3n) is 2.32. The third kappa shape index (κ3) is 2.76. The Morgan fingerprint density at radius 3 is 2.82 bits per heavy atom. The lowest BCUT2D eigenvalue weighted by Crippen LogP contribution is -2.06. The predicted molar refractivity (Wildman–Crippen MR) is 59.4 cm³/mol. The normalized spacial score (nSPS) is 11.9. The van der Waals surface area contributed by atoms with Gasteiger partial charge < -0.3 is 18.8 Å². The first-order chi connectivity index (χ1) is 7.99. The number of hydrogen-bond acceptors (Lipinski definition) is 5. The number of fused-ring (bicyclic) bond motifs is 1. The SMILES string of the molecule is O=S(=O)([O-])Oc1ccc2[nH]cc(CCO)c2c1. The van der Waals surface area contributed by atoms with Crippen molar-refractivity contribution in [2.24, 2.45) is 0 Å². The number of aromatic nitrogens is 1. The van der Waals surface area contributed by atoms with E-state index >= 15 is 0 Å². The fourth-order valence-corrected chi connectivity index (χ4v) is 1.99. The molecule has 0 aliphatic carbocycles. The van der Waals surface area contributed by atoms with Gasteiger partial charge in [0.15, 0.2) is 0 Å². The van der Waals surface area contributed by atoms with E-state index in [-0.39, 0.29) is 12.4 Å². The summed E-state index contributed by atoms with van der Waals surface area (Å²) in [5.41, 5.74) is 1.61. The van der Waals surface area contributed by atoms with Crippen LogP contribution in [0.15, 0.2) is 24.4 Å². The molecule has 2 aromatic rings. The van der Waals surface area contributed by atoms with Gasteiger partial charge >= 0.3 is 0 Å². The van der Waals surface area contributed by atoms with Crippen molar-refractivity contribution < 1.29 is 22.3 Å². The zero-order valence-corrected chi connectivity index (χ0v) is 9.53. The summed E-state index contributed by atoms with van der Waals surface area (Å²) in [6.07, 6.45) is 2.16. The Labute approximate surface area is 97.8 Å². The molecule has 0 fully saturated rings. The summed E-state index contributed by atoms with van der Waals surface area (Å²) in [5.74, 6) is -0.0358. The molecular weight excluding hydrogens is 246 g/mol. The van der Waals surface area contributed by atoms with Crippen molar-refractivity contribution in [3.63, 3.8) is 0 Å². The zero-order chi connectivity index (χ0) is 12.5. The molecular formula is C10H10NO5S-. The highest BCUT2D eigenvalue weighted by atomic mass is 32.3. The van der Waals surface area contributed by atoms with Crippen LogP contribution in [0.2, 0.25) is 0 Å². The topological polar surface area (TPSA) is 102 Å². The molecule has 92 valence electrons. The van der Waals surface area contributed by atoms with Crippen LogP contribution in [-0.4, -0.2) is 29.7 Å². The molecule has 0 aliphatic rings. The minimum absolute atomic E-state index is 0.0160. The van der Waals surface area contributed by atoms with Gasteiger partial charge in [0.25, 0.3) is 10.4 Å². The summed E-state index contributed by atoms with van der Waals surface area (Å²) in [4.78, 5) is 2.97. The summed E-state index contributed by atoms with van der Waals surface area (Å²) >= 11 is 0. The molecule has 6 nitrogen and oxygen atoms in total. The van der Waals surface area contributed by atoms with E-state index in [1.165, 1.54) is 12.1 Å². The summed E-state index contributed by atoms with van der Waals surface area (Å²) in [7, 11) is -4.76. The van der Waals surface area contributed by atoms with Crippen molar-refractivity contribution in [3.05, 3.63) is 30.0 Å². The molecule has 0 atom stereocenters. The lowest BCUT2D eigenvalue weighted by molar-refractivity contribution is 0.300. The summed E-state index contributed by atoms with van der Waals surface area (Å²) in [6.45, 7) is -0.0160. The molecule has 1 aromatic heterocycles. The van der Waals surface area contributed by atoms with Crippen molar-refractivity contribution >= 4 is 21.3 Å². The van der Waals surface area contributed by atoms with Crippen molar-refractivity contribution in [2.45, 2.75) is 6.42 Å². The quantitative estimate of drug-likeness (QED) is 0.614. The van der Waals surface area contributed by atoms with E-state index in [1.54, 1.807) is 12.3 Å². The molecule has 2 N–H and O–H groups in total. The van der Waals surface area contributed by atoms with E-state index in [0.29, 0.717) is 6.42 Å². The summed E-state index contributed by atoms with van der Waals surface area (Å²) in [5, 5.41) is 9.58. The Kier molecular flexibility index (Phi) is 3.05. The number of aliphatic hydroxyl groups excluding tert-OH is 1. The van der Waals surface area contributed by atoms with Crippen molar-refractivity contribution in [3.8, 4) is 5.75 Å². The van der Waals surface area contributed by atoms with Crippen molar-refractivity contribution in [1.29, 1.82) is 0 Å². The lowest BCUT2D eigenvalue weighted by Gasteiger charge is -2.08. The molecule has 7 heteroatoms. The van der Waals surface area contributed by atoms with Crippen LogP contribution < -0.4 is 4.18 Å². The molecule has 0 radical (unpaired) electrons. The lowest BCUT2D eigenvalue weighted by atomic mass is 10.1. The van der Waals surface area contributed by atoms with Gasteiger partial charge in [-0.05, 0) is 30.2 Å². The van der Waals surface area contributed by atoms with Gasteiger partial charge in [-0.25, -0.2) is 8.42 Å². The molecule has 0 spiro atoms. The maximum Gasteiger partial charge on any atom is 0.262 e. The van der Waals surface area contributed by atoms with Gasteiger partial charge in [-0.3, -0.25) is 0 Å². The molecule has 2 rings (SSSR count). The highest BCUT2D eigenvalue weighted by Gasteiger charge is 2.06. The molecule has 0 amide bonds. The number of nitrogens with one attached hydrogen (secondary N) is 1. The number of aromatic amines is 1. The van der Waals surface area contributed by atoms with Gasteiger partial charge in [-0.2, -0.15) is 0 Å². The Bertz CT molecular complexity index is 631. The number of H-pyrrole nitrogens is 1. The second kappa shape index (κ2) is 4.36. The average molecular weight is 256 g/mol. The highest BCUT2D eigenvalue weighted by Crippen LogP contribution is 2.24. The average Bonchev–Trinajstić information content (AvgIpc) is 2.59. The summed E-state index contributed by atoms with van der Waals surface area (Å²) < 4.78 is 35.6. The second-order valence-corrected chi connectivity index (χ2v) is 4.47. The van der Waals surface area contributed by atoms with E-state index in [4.69, 9.17) is 5.11 Å². The fraction of sp³-hybridized carbons (Fsp3) is 0.200. The molecule has 0 unspecified atom stereocenters. The Balaban J connectivity index is 2.44. The first kappa shape index (κ1) is 11.9. The Hall–Kier alpha value is -1.57. The van der Waals surface area contributed by atoms with E-state index in [2.05, 4.69) is 9.17 Å². The van der Waals surface area contributed by atoms with Crippen LogP contribution in [0, 0.1) is 0 Å². The van der Waals surface area contributed by atoms with E-state index in [9.17, 15) is 13.0 Å². The van der Waals surface area contributed by atoms with Gasteiger partial charge in [0, 0.05) is 23.7 Å². The molecule has 0 saturated heterocycles. The van der Waals surface area contributed by atoms with E-state index in [0.717, 1.165) is 16.5 Å². The van der Waals surface area contributed by atoms with Crippen molar-refractivity contribution in [1.82, 2.24) is 4.98 Å². The van der Waals surface area contributed by atoms with Crippen LogP contribution in [0.25, 0.3) is 10.9 Å². The highest BCUT2D eigenvalue weighted by molar-refractivity contribution is 7.81. The van der Waals surface area contributed by atoms with Gasteiger partial charge in [0.2, 0.25) is 0 Å². The Morgan fingerprint density at radius 2 is 2.18 bits per heavy atom. The smallest absolute Gasteiger partial charge is 0.262 e. The molecule has 0 aliphatic heterocycles. The number of rotatable bonds is 4. The molecule has 1 aromatic carbocycles. The standard InChI is InChI=1S/C10H11NO5S/c12-4-3-7-6-11-10-2-1-8(5-9(7)10)16-17(13,14)15/h1-2,5-6,11-12H,3-4H2,(H,13,14,15)/p-1. The monoisotopic (exact) mass is 256 g/mol. The van der Waals surface area contributed by atoms with Gasteiger partial charge in [-0.15, -0.1) is 0 Å². The first-order valence-corrected chi connectivity index (χ1v) is 6.19. The minimum atomic E-state index is -4.76. The van der Waals surface area contributed by atoms with Crippen LogP contribution >= 0.6 is 0 Å².